The minimum atomic E-state index is 0.0602. The van der Waals surface area contributed by atoms with Gasteiger partial charge in [0, 0.05) is 6.54 Å². The molecule has 4 nitrogen and oxygen atoms in total. The van der Waals surface area contributed by atoms with Crippen LogP contribution in [0.15, 0.2) is 21.2 Å². The van der Waals surface area contributed by atoms with Gasteiger partial charge in [0.05, 0.1) is 16.8 Å². The molecular weight excluding hydrogens is 270 g/mol. The molecule has 0 spiro atoms. The van der Waals surface area contributed by atoms with Crippen LogP contribution in [0.5, 0.6) is 0 Å². The quantitative estimate of drug-likeness (QED) is 0.597. The summed E-state index contributed by atoms with van der Waals surface area (Å²) in [6, 6.07) is 1.95. The first kappa shape index (κ1) is 13.7. The minimum absolute atomic E-state index is 0.0602. The molecule has 3 N–H and O–H groups in total. The maximum Gasteiger partial charge on any atom is 0.136 e. The summed E-state index contributed by atoms with van der Waals surface area (Å²) in [6.45, 7) is 7.46. The number of hydrogen-bond acceptors (Lipinski definition) is 4. The first-order valence-corrected chi connectivity index (χ1v) is 6.43. The van der Waals surface area contributed by atoms with E-state index in [9.17, 15) is 0 Å². The first-order chi connectivity index (χ1) is 7.72. The molecule has 0 radical (unpaired) electrons. The SMILES string of the molecule is CCN(CC)CCC(NN)c1occc1Br. The van der Waals surface area contributed by atoms with E-state index in [1.165, 1.54) is 0 Å². The fourth-order valence-electron chi connectivity index (χ4n) is 1.70. The van der Waals surface area contributed by atoms with Crippen LogP contribution in [0.4, 0.5) is 0 Å². The van der Waals surface area contributed by atoms with Gasteiger partial charge in [-0.15, -0.1) is 0 Å². The van der Waals surface area contributed by atoms with Gasteiger partial charge < -0.3 is 9.32 Å². The lowest BCUT2D eigenvalue weighted by atomic mass is 10.1. The summed E-state index contributed by atoms with van der Waals surface area (Å²) < 4.78 is 6.38. The predicted molar refractivity (Wildman–Crippen MR) is 68.9 cm³/mol. The first-order valence-electron chi connectivity index (χ1n) is 5.64. The maximum absolute atomic E-state index is 5.55. The van der Waals surface area contributed by atoms with Crippen LogP contribution < -0.4 is 11.3 Å². The number of hydrogen-bond donors (Lipinski definition) is 2. The number of furan rings is 1. The molecule has 0 aromatic carbocycles. The molecule has 0 aliphatic carbocycles. The Hall–Kier alpha value is -0.360. The van der Waals surface area contributed by atoms with Crippen LogP contribution in [0.3, 0.4) is 0 Å². The molecule has 0 amide bonds. The Bertz CT molecular complexity index is 299. The summed E-state index contributed by atoms with van der Waals surface area (Å²) in [7, 11) is 0. The normalized spacial score (nSPS) is 13.3. The third-order valence-corrected chi connectivity index (χ3v) is 3.45. The van der Waals surface area contributed by atoms with Gasteiger partial charge in [0.1, 0.15) is 5.76 Å². The molecule has 1 heterocycles. The van der Waals surface area contributed by atoms with Gasteiger partial charge in [-0.1, -0.05) is 13.8 Å². The topological polar surface area (TPSA) is 54.4 Å². The largest absolute Gasteiger partial charge is 0.466 e. The molecule has 16 heavy (non-hydrogen) atoms. The molecular formula is C11H20BrN3O. The van der Waals surface area contributed by atoms with Crippen molar-refractivity contribution in [2.24, 2.45) is 5.84 Å². The van der Waals surface area contributed by atoms with Gasteiger partial charge in [0.2, 0.25) is 0 Å². The standard InChI is InChI=1S/C11H20BrN3O/c1-3-15(4-2)7-5-10(14-13)11-9(12)6-8-16-11/h6,8,10,14H,3-5,7,13H2,1-2H3. The highest BCUT2D eigenvalue weighted by Gasteiger charge is 2.17. The Morgan fingerprint density at radius 1 is 1.50 bits per heavy atom. The zero-order valence-electron chi connectivity index (χ0n) is 9.87. The highest BCUT2D eigenvalue weighted by molar-refractivity contribution is 9.10. The summed E-state index contributed by atoms with van der Waals surface area (Å²) in [4.78, 5) is 2.36. The van der Waals surface area contributed by atoms with Gasteiger partial charge in [-0.25, -0.2) is 5.43 Å². The van der Waals surface area contributed by atoms with E-state index in [0.29, 0.717) is 0 Å². The number of halogens is 1. The van der Waals surface area contributed by atoms with Crippen molar-refractivity contribution in [3.05, 3.63) is 22.6 Å². The third kappa shape index (κ3) is 3.59. The molecule has 1 aromatic heterocycles. The van der Waals surface area contributed by atoms with E-state index >= 15 is 0 Å². The van der Waals surface area contributed by atoms with E-state index < -0.39 is 0 Å². The summed E-state index contributed by atoms with van der Waals surface area (Å²) in [5.74, 6) is 6.42. The number of nitrogens with zero attached hydrogens (tertiary/aromatic N) is 1. The molecule has 92 valence electrons. The predicted octanol–water partition coefficient (Wildman–Crippen LogP) is 2.28. The Balaban J connectivity index is 2.53. The molecule has 5 heteroatoms. The molecule has 1 atom stereocenters. The molecule has 1 unspecified atom stereocenters. The Morgan fingerprint density at radius 2 is 2.19 bits per heavy atom. The van der Waals surface area contributed by atoms with Crippen molar-refractivity contribution in [3.63, 3.8) is 0 Å². The van der Waals surface area contributed by atoms with Gasteiger partial charge in [0.15, 0.2) is 0 Å². The van der Waals surface area contributed by atoms with Crippen molar-refractivity contribution in [2.45, 2.75) is 26.3 Å². The molecule has 1 rings (SSSR count). The second-order valence-corrected chi connectivity index (χ2v) is 4.52. The van der Waals surface area contributed by atoms with Crippen molar-refractivity contribution in [3.8, 4) is 0 Å². The van der Waals surface area contributed by atoms with Crippen molar-refractivity contribution >= 4 is 15.9 Å². The number of nitrogens with one attached hydrogen (secondary N) is 1. The monoisotopic (exact) mass is 289 g/mol. The molecule has 0 aliphatic heterocycles. The minimum Gasteiger partial charge on any atom is -0.466 e. The number of rotatable bonds is 7. The van der Waals surface area contributed by atoms with Crippen molar-refractivity contribution < 1.29 is 4.42 Å². The molecule has 0 aliphatic rings. The van der Waals surface area contributed by atoms with Crippen molar-refractivity contribution in [2.75, 3.05) is 19.6 Å². The van der Waals surface area contributed by atoms with Gasteiger partial charge in [-0.3, -0.25) is 5.84 Å². The molecule has 0 saturated carbocycles. The van der Waals surface area contributed by atoms with Gasteiger partial charge in [-0.2, -0.15) is 0 Å². The maximum atomic E-state index is 5.55. The average molecular weight is 290 g/mol. The van der Waals surface area contributed by atoms with Crippen molar-refractivity contribution in [1.82, 2.24) is 10.3 Å². The van der Waals surface area contributed by atoms with Crippen LogP contribution in [-0.2, 0) is 0 Å². The molecule has 1 aromatic rings. The van der Waals surface area contributed by atoms with E-state index in [-0.39, 0.29) is 6.04 Å². The van der Waals surface area contributed by atoms with E-state index in [2.05, 4.69) is 40.1 Å². The van der Waals surface area contributed by atoms with E-state index in [0.717, 1.165) is 36.3 Å². The second-order valence-electron chi connectivity index (χ2n) is 3.67. The molecule has 0 fully saturated rings. The Morgan fingerprint density at radius 3 is 2.62 bits per heavy atom. The zero-order valence-corrected chi connectivity index (χ0v) is 11.5. The Labute approximate surface area is 105 Å². The van der Waals surface area contributed by atoms with Crippen LogP contribution in [-0.4, -0.2) is 24.5 Å². The van der Waals surface area contributed by atoms with E-state index in [1.807, 2.05) is 6.07 Å². The smallest absolute Gasteiger partial charge is 0.136 e. The average Bonchev–Trinajstić information content (AvgIpc) is 2.71. The Kier molecular flexibility index (Phi) is 6.05. The molecule has 0 bridgehead atoms. The zero-order chi connectivity index (χ0) is 12.0. The van der Waals surface area contributed by atoms with Crippen LogP contribution in [0.2, 0.25) is 0 Å². The molecule has 0 saturated heterocycles. The van der Waals surface area contributed by atoms with E-state index in [1.54, 1.807) is 6.26 Å². The lowest BCUT2D eigenvalue weighted by molar-refractivity contribution is 0.272. The summed E-state index contributed by atoms with van der Waals surface area (Å²) >= 11 is 3.45. The fourth-order valence-corrected chi connectivity index (χ4v) is 2.17. The van der Waals surface area contributed by atoms with E-state index in [4.69, 9.17) is 10.3 Å². The van der Waals surface area contributed by atoms with Crippen LogP contribution in [0.1, 0.15) is 32.1 Å². The summed E-state index contributed by atoms with van der Waals surface area (Å²) in [6.07, 6.45) is 2.60. The van der Waals surface area contributed by atoms with Gasteiger partial charge >= 0.3 is 0 Å². The van der Waals surface area contributed by atoms with Gasteiger partial charge in [0.25, 0.3) is 0 Å². The summed E-state index contributed by atoms with van der Waals surface area (Å²) in [5, 5.41) is 0. The lowest BCUT2D eigenvalue weighted by Crippen LogP contribution is -2.32. The fraction of sp³-hybridized carbons (Fsp3) is 0.636. The highest BCUT2D eigenvalue weighted by Crippen LogP contribution is 2.26. The van der Waals surface area contributed by atoms with Crippen LogP contribution >= 0.6 is 15.9 Å². The number of nitrogens with two attached hydrogens (primary N) is 1. The third-order valence-electron chi connectivity index (χ3n) is 2.79. The lowest BCUT2D eigenvalue weighted by Gasteiger charge is -2.21. The van der Waals surface area contributed by atoms with Crippen molar-refractivity contribution in [1.29, 1.82) is 0 Å². The summed E-state index contributed by atoms with van der Waals surface area (Å²) in [5.41, 5.74) is 2.80. The highest BCUT2D eigenvalue weighted by atomic mass is 79.9. The second kappa shape index (κ2) is 7.06. The number of hydrazine groups is 1. The van der Waals surface area contributed by atoms with Gasteiger partial charge in [-0.05, 0) is 41.5 Å². The van der Waals surface area contributed by atoms with Crippen LogP contribution in [0.25, 0.3) is 0 Å². The van der Waals surface area contributed by atoms with Crippen LogP contribution in [0, 0.1) is 0 Å².